The number of amides is 2. The number of carbonyl (C=O) groups excluding carboxylic acids is 2. The summed E-state index contributed by atoms with van der Waals surface area (Å²) in [6, 6.07) is 13.7. The Morgan fingerprint density at radius 1 is 1.00 bits per heavy atom. The molecule has 2 aromatic carbocycles. The van der Waals surface area contributed by atoms with Crippen LogP contribution in [-0.4, -0.2) is 29.5 Å². The first-order chi connectivity index (χ1) is 13.9. The highest BCUT2D eigenvalue weighted by atomic mass is 19.1. The number of nitrogens with zero attached hydrogens (tertiary/aromatic N) is 1. The highest BCUT2D eigenvalue weighted by Crippen LogP contribution is 2.22. The maximum absolute atomic E-state index is 12.9. The summed E-state index contributed by atoms with van der Waals surface area (Å²) < 4.78 is 15.0. The van der Waals surface area contributed by atoms with Gasteiger partial charge in [0.05, 0.1) is 12.0 Å². The number of benzene rings is 2. The zero-order valence-corrected chi connectivity index (χ0v) is 16.7. The molecule has 0 unspecified atom stereocenters. The second-order valence-corrected chi connectivity index (χ2v) is 7.52. The van der Waals surface area contributed by atoms with Crippen LogP contribution >= 0.6 is 0 Å². The smallest absolute Gasteiger partial charge is 0.253 e. The molecule has 0 fully saturated rings. The largest absolute Gasteiger partial charge is 0.354 e. The van der Waals surface area contributed by atoms with Crippen LogP contribution in [0.2, 0.25) is 0 Å². The Morgan fingerprint density at radius 3 is 2.41 bits per heavy atom. The molecule has 0 aliphatic rings. The molecule has 0 aliphatic carbocycles. The van der Waals surface area contributed by atoms with Crippen molar-refractivity contribution >= 4 is 22.7 Å². The third kappa shape index (κ3) is 5.44. The van der Waals surface area contributed by atoms with Gasteiger partial charge in [-0.2, -0.15) is 0 Å². The molecule has 0 saturated carbocycles. The number of carbonyl (C=O) groups is 2. The first-order valence-corrected chi connectivity index (χ1v) is 9.81. The summed E-state index contributed by atoms with van der Waals surface area (Å²) in [7, 11) is 0. The number of halogens is 1. The number of hydrogen-bond donors (Lipinski definition) is 2. The van der Waals surface area contributed by atoms with Crippen molar-refractivity contribution in [1.29, 1.82) is 0 Å². The Labute approximate surface area is 169 Å². The maximum atomic E-state index is 12.9. The van der Waals surface area contributed by atoms with E-state index in [1.807, 2.05) is 30.5 Å². The lowest BCUT2D eigenvalue weighted by molar-refractivity contribution is -0.120. The summed E-state index contributed by atoms with van der Waals surface area (Å²) in [6.45, 7) is 5.79. The van der Waals surface area contributed by atoms with Crippen LogP contribution in [0.25, 0.3) is 10.9 Å². The molecule has 0 spiro atoms. The SMILES string of the molecule is CC(C)Cn1cc(C(=O)NCCNC(=O)Cc2ccc(F)cc2)c2ccccc21. The summed E-state index contributed by atoms with van der Waals surface area (Å²) in [6.07, 6.45) is 2.07. The predicted octanol–water partition coefficient (Wildman–Crippen LogP) is 3.53. The number of rotatable bonds is 8. The van der Waals surface area contributed by atoms with Gasteiger partial charge in [-0.1, -0.05) is 44.2 Å². The molecule has 1 aromatic heterocycles. The van der Waals surface area contributed by atoms with E-state index in [-0.39, 0.29) is 24.1 Å². The van der Waals surface area contributed by atoms with Crippen molar-refractivity contribution in [2.45, 2.75) is 26.8 Å². The van der Waals surface area contributed by atoms with Gasteiger partial charge in [-0.05, 0) is 29.7 Å². The first kappa shape index (κ1) is 20.6. The van der Waals surface area contributed by atoms with Crippen LogP contribution < -0.4 is 10.6 Å². The highest BCUT2D eigenvalue weighted by Gasteiger charge is 2.15. The van der Waals surface area contributed by atoms with Gasteiger partial charge < -0.3 is 15.2 Å². The monoisotopic (exact) mass is 395 g/mol. The standard InChI is InChI=1S/C23H26FN3O2/c1-16(2)14-27-15-20(19-5-3-4-6-21(19)27)23(29)26-12-11-25-22(28)13-17-7-9-18(24)10-8-17/h3-10,15-16H,11-14H2,1-2H3,(H,25,28)(H,26,29). The van der Waals surface area contributed by atoms with Gasteiger partial charge in [0.1, 0.15) is 5.82 Å². The molecular formula is C23H26FN3O2. The van der Waals surface area contributed by atoms with E-state index >= 15 is 0 Å². The molecule has 29 heavy (non-hydrogen) atoms. The molecule has 1 heterocycles. The summed E-state index contributed by atoms with van der Waals surface area (Å²) in [5, 5.41) is 6.56. The van der Waals surface area contributed by atoms with Crippen molar-refractivity contribution in [3.8, 4) is 0 Å². The summed E-state index contributed by atoms with van der Waals surface area (Å²) in [5.74, 6) is -0.180. The lowest BCUT2D eigenvalue weighted by atomic mass is 10.1. The molecule has 3 rings (SSSR count). The first-order valence-electron chi connectivity index (χ1n) is 9.81. The average Bonchev–Trinajstić information content (AvgIpc) is 3.05. The van der Waals surface area contributed by atoms with E-state index in [0.717, 1.165) is 23.0 Å². The van der Waals surface area contributed by atoms with Gasteiger partial charge in [-0.25, -0.2) is 4.39 Å². The topological polar surface area (TPSA) is 63.1 Å². The van der Waals surface area contributed by atoms with Crippen molar-refractivity contribution < 1.29 is 14.0 Å². The molecule has 152 valence electrons. The van der Waals surface area contributed by atoms with Gasteiger partial charge in [0.15, 0.2) is 0 Å². The Bertz CT molecular complexity index is 993. The van der Waals surface area contributed by atoms with Crippen LogP contribution in [0.5, 0.6) is 0 Å². The fourth-order valence-electron chi connectivity index (χ4n) is 3.30. The zero-order valence-electron chi connectivity index (χ0n) is 16.7. The second kappa shape index (κ2) is 9.37. The second-order valence-electron chi connectivity index (χ2n) is 7.52. The minimum Gasteiger partial charge on any atom is -0.354 e. The molecule has 0 radical (unpaired) electrons. The maximum Gasteiger partial charge on any atom is 0.253 e. The van der Waals surface area contributed by atoms with E-state index in [1.165, 1.54) is 12.1 Å². The normalized spacial score (nSPS) is 11.0. The molecule has 2 amide bonds. The number of nitrogens with one attached hydrogen (secondary N) is 2. The number of para-hydroxylation sites is 1. The van der Waals surface area contributed by atoms with Crippen LogP contribution in [-0.2, 0) is 17.8 Å². The molecule has 3 aromatic rings. The van der Waals surface area contributed by atoms with Crippen LogP contribution in [0.15, 0.2) is 54.7 Å². The number of hydrogen-bond acceptors (Lipinski definition) is 2. The Morgan fingerprint density at radius 2 is 1.69 bits per heavy atom. The summed E-state index contributed by atoms with van der Waals surface area (Å²) in [5.41, 5.74) is 2.42. The van der Waals surface area contributed by atoms with Crippen molar-refractivity contribution in [3.05, 3.63) is 71.7 Å². The fraction of sp³-hybridized carbons (Fsp3) is 0.304. The molecule has 2 N–H and O–H groups in total. The van der Waals surface area contributed by atoms with Gasteiger partial charge in [0.2, 0.25) is 5.91 Å². The molecular weight excluding hydrogens is 369 g/mol. The van der Waals surface area contributed by atoms with E-state index in [1.54, 1.807) is 12.1 Å². The van der Waals surface area contributed by atoms with Gasteiger partial charge in [0, 0.05) is 36.7 Å². The summed E-state index contributed by atoms with van der Waals surface area (Å²) >= 11 is 0. The zero-order chi connectivity index (χ0) is 20.8. The quantitative estimate of drug-likeness (QED) is 0.573. The Hall–Kier alpha value is -3.15. The Kier molecular flexibility index (Phi) is 6.65. The van der Waals surface area contributed by atoms with Crippen LogP contribution in [0.4, 0.5) is 4.39 Å². The van der Waals surface area contributed by atoms with Gasteiger partial charge in [-0.15, -0.1) is 0 Å². The van der Waals surface area contributed by atoms with E-state index in [9.17, 15) is 14.0 Å². The Balaban J connectivity index is 1.53. The van der Waals surface area contributed by atoms with E-state index < -0.39 is 0 Å². The molecule has 6 heteroatoms. The van der Waals surface area contributed by atoms with Crippen molar-refractivity contribution in [2.24, 2.45) is 5.92 Å². The van der Waals surface area contributed by atoms with Gasteiger partial charge >= 0.3 is 0 Å². The minimum absolute atomic E-state index is 0.156. The molecule has 5 nitrogen and oxygen atoms in total. The third-order valence-electron chi connectivity index (χ3n) is 4.61. The van der Waals surface area contributed by atoms with Crippen LogP contribution in [0, 0.1) is 11.7 Å². The lowest BCUT2D eigenvalue weighted by Crippen LogP contribution is -2.35. The summed E-state index contributed by atoms with van der Waals surface area (Å²) in [4.78, 5) is 24.6. The number of fused-ring (bicyclic) bond motifs is 1. The minimum atomic E-state index is -0.327. The lowest BCUT2D eigenvalue weighted by Gasteiger charge is -2.08. The van der Waals surface area contributed by atoms with Gasteiger partial charge in [-0.3, -0.25) is 9.59 Å². The van der Waals surface area contributed by atoms with E-state index in [0.29, 0.717) is 24.6 Å². The number of aromatic nitrogens is 1. The van der Waals surface area contributed by atoms with E-state index in [2.05, 4.69) is 29.0 Å². The van der Waals surface area contributed by atoms with Crippen molar-refractivity contribution in [1.82, 2.24) is 15.2 Å². The fourth-order valence-corrected chi connectivity index (χ4v) is 3.30. The van der Waals surface area contributed by atoms with Crippen LogP contribution in [0.3, 0.4) is 0 Å². The highest BCUT2D eigenvalue weighted by molar-refractivity contribution is 6.07. The van der Waals surface area contributed by atoms with Crippen molar-refractivity contribution in [3.63, 3.8) is 0 Å². The van der Waals surface area contributed by atoms with Gasteiger partial charge in [0.25, 0.3) is 5.91 Å². The predicted molar refractivity (Wildman–Crippen MR) is 112 cm³/mol. The van der Waals surface area contributed by atoms with Crippen LogP contribution in [0.1, 0.15) is 29.8 Å². The molecule has 0 saturated heterocycles. The third-order valence-corrected chi connectivity index (χ3v) is 4.61. The molecule has 0 atom stereocenters. The van der Waals surface area contributed by atoms with Crippen molar-refractivity contribution in [2.75, 3.05) is 13.1 Å². The average molecular weight is 395 g/mol. The van der Waals surface area contributed by atoms with E-state index in [4.69, 9.17) is 0 Å². The molecule has 0 aliphatic heterocycles. The molecule has 0 bridgehead atoms.